The number of benzene rings is 1. The molecule has 6 N–H and O–H groups in total. The van der Waals surface area contributed by atoms with Gasteiger partial charge in [0.2, 0.25) is 0 Å². The summed E-state index contributed by atoms with van der Waals surface area (Å²) < 4.78 is 0. The molecule has 6 atom stereocenters. The Morgan fingerprint density at radius 2 is 1.84 bits per heavy atom. The van der Waals surface area contributed by atoms with Gasteiger partial charge in [0, 0.05) is 29.9 Å². The van der Waals surface area contributed by atoms with Crippen molar-refractivity contribution in [3.05, 3.63) is 47.2 Å². The van der Waals surface area contributed by atoms with E-state index in [0.29, 0.717) is 19.3 Å². The van der Waals surface area contributed by atoms with E-state index < -0.39 is 12.2 Å². The number of hydrogen-bond donors (Lipinski definition) is 6. The number of piperidine rings is 1. The van der Waals surface area contributed by atoms with Gasteiger partial charge in [0.05, 0.1) is 12.2 Å². The van der Waals surface area contributed by atoms with Gasteiger partial charge in [0.1, 0.15) is 11.5 Å². The van der Waals surface area contributed by atoms with Crippen molar-refractivity contribution in [3.8, 4) is 11.5 Å². The van der Waals surface area contributed by atoms with E-state index >= 15 is 0 Å². The van der Waals surface area contributed by atoms with Crippen LogP contribution in [0.15, 0.2) is 36.1 Å². The fraction of sp³-hybridized carbons (Fsp3) is 0.730. The number of phenols is 2. The van der Waals surface area contributed by atoms with Crippen LogP contribution in [-0.2, 0) is 6.42 Å². The smallest absolute Gasteiger partial charge is 0.122 e. The molecule has 246 valence electrons. The Hall–Kier alpha value is -2.02. The van der Waals surface area contributed by atoms with E-state index in [-0.39, 0.29) is 41.0 Å². The number of aliphatic hydroxyl groups excluding tert-OH is 2. The molecule has 1 heterocycles. The highest BCUT2D eigenvalue weighted by Gasteiger charge is 2.40. The number of aliphatic hydroxyl groups is 2. The van der Waals surface area contributed by atoms with Gasteiger partial charge in [0.15, 0.2) is 0 Å². The Morgan fingerprint density at radius 3 is 2.49 bits per heavy atom. The highest BCUT2D eigenvalue weighted by atomic mass is 16.3. The van der Waals surface area contributed by atoms with Crippen LogP contribution in [0.5, 0.6) is 11.5 Å². The van der Waals surface area contributed by atoms with Crippen molar-refractivity contribution in [2.75, 3.05) is 0 Å². The molecular formula is C37H64N2O4. The second-order valence-electron chi connectivity index (χ2n) is 14.1. The number of phenolic OH excluding ortho intramolecular Hbond substituents is 2. The molecule has 1 aliphatic rings. The fourth-order valence-electron chi connectivity index (χ4n) is 6.45. The molecule has 0 bridgehead atoms. The Labute approximate surface area is 263 Å². The maximum absolute atomic E-state index is 11.4. The van der Waals surface area contributed by atoms with Crippen molar-refractivity contribution in [3.63, 3.8) is 0 Å². The molecule has 43 heavy (non-hydrogen) atoms. The molecule has 6 heteroatoms. The lowest BCUT2D eigenvalue weighted by atomic mass is 9.71. The van der Waals surface area contributed by atoms with Crippen molar-refractivity contribution >= 4 is 0 Å². The SMILES string of the molecule is C=C(C)CC[C@H](O)/C(=C\CC)N[C@@H](CCCCCC)[C@@H]1CCC(C)(C)[C@@H](C[C@H](O)C(C)CCc2cc(O)cc(O)c2C)N1. The number of hydrogen-bond acceptors (Lipinski definition) is 6. The topological polar surface area (TPSA) is 105 Å². The minimum Gasteiger partial charge on any atom is -0.508 e. The van der Waals surface area contributed by atoms with Crippen LogP contribution >= 0.6 is 0 Å². The number of aryl methyl sites for hydroxylation is 1. The van der Waals surface area contributed by atoms with Crippen LogP contribution in [0.2, 0.25) is 0 Å². The van der Waals surface area contributed by atoms with Crippen LogP contribution < -0.4 is 10.6 Å². The van der Waals surface area contributed by atoms with E-state index in [1.807, 2.05) is 13.8 Å². The molecule has 0 aromatic heterocycles. The summed E-state index contributed by atoms with van der Waals surface area (Å²) in [6, 6.07) is 3.73. The molecule has 0 saturated carbocycles. The van der Waals surface area contributed by atoms with Gasteiger partial charge in [0.25, 0.3) is 0 Å². The van der Waals surface area contributed by atoms with Crippen LogP contribution in [0.4, 0.5) is 0 Å². The zero-order valence-corrected chi connectivity index (χ0v) is 28.4. The Balaban J connectivity index is 2.13. The van der Waals surface area contributed by atoms with Gasteiger partial charge in [-0.05, 0) is 100 Å². The third-order valence-corrected chi connectivity index (χ3v) is 9.77. The van der Waals surface area contributed by atoms with Crippen molar-refractivity contribution in [1.82, 2.24) is 10.6 Å². The molecule has 2 rings (SSSR count). The largest absolute Gasteiger partial charge is 0.508 e. The van der Waals surface area contributed by atoms with Crippen LogP contribution in [0.25, 0.3) is 0 Å². The number of unbranched alkanes of at least 4 members (excludes halogenated alkanes) is 3. The molecule has 0 radical (unpaired) electrons. The molecule has 1 saturated heterocycles. The number of rotatable bonds is 19. The average molecular weight is 601 g/mol. The highest BCUT2D eigenvalue weighted by Crippen LogP contribution is 2.37. The summed E-state index contributed by atoms with van der Waals surface area (Å²) in [5.74, 6) is 0.261. The molecule has 0 amide bonds. The molecule has 1 aromatic rings. The average Bonchev–Trinajstić information content (AvgIpc) is 2.94. The number of allylic oxidation sites excluding steroid dienone is 2. The van der Waals surface area contributed by atoms with Gasteiger partial charge < -0.3 is 31.1 Å². The van der Waals surface area contributed by atoms with Gasteiger partial charge in [-0.3, -0.25) is 0 Å². The van der Waals surface area contributed by atoms with Crippen molar-refractivity contribution in [2.24, 2.45) is 11.3 Å². The maximum Gasteiger partial charge on any atom is 0.122 e. The lowest BCUT2D eigenvalue weighted by Crippen LogP contribution is -2.59. The van der Waals surface area contributed by atoms with Crippen molar-refractivity contribution in [1.29, 1.82) is 0 Å². The Kier molecular flexibility index (Phi) is 15.6. The van der Waals surface area contributed by atoms with E-state index in [0.717, 1.165) is 67.3 Å². The van der Waals surface area contributed by atoms with E-state index in [2.05, 4.69) is 57.9 Å². The van der Waals surface area contributed by atoms with E-state index in [1.54, 1.807) is 6.07 Å². The molecule has 1 aromatic carbocycles. The van der Waals surface area contributed by atoms with Gasteiger partial charge in [-0.1, -0.05) is 72.0 Å². The van der Waals surface area contributed by atoms with Crippen molar-refractivity contribution < 1.29 is 20.4 Å². The summed E-state index contributed by atoms with van der Waals surface area (Å²) in [6.45, 7) is 19.0. The number of nitrogens with one attached hydrogen (secondary N) is 2. The molecular weight excluding hydrogens is 536 g/mol. The lowest BCUT2D eigenvalue weighted by Gasteiger charge is -2.47. The quantitative estimate of drug-likeness (QED) is 0.0715. The fourth-order valence-corrected chi connectivity index (χ4v) is 6.45. The molecule has 0 spiro atoms. The molecule has 6 nitrogen and oxygen atoms in total. The normalized spacial score (nSPS) is 21.7. The zero-order chi connectivity index (χ0) is 32.2. The summed E-state index contributed by atoms with van der Waals surface area (Å²) in [6.07, 6.45) is 13.7. The van der Waals surface area contributed by atoms with E-state index in [1.165, 1.54) is 25.3 Å². The van der Waals surface area contributed by atoms with Crippen LogP contribution in [0, 0.1) is 18.3 Å². The second kappa shape index (κ2) is 18.1. The minimum absolute atomic E-state index is 0.0562. The van der Waals surface area contributed by atoms with Gasteiger partial charge in [-0.15, -0.1) is 6.58 Å². The van der Waals surface area contributed by atoms with Gasteiger partial charge in [-0.25, -0.2) is 0 Å². The Bertz CT molecular complexity index is 1020. The van der Waals surface area contributed by atoms with Crippen LogP contribution in [-0.4, -0.2) is 50.8 Å². The first-order valence-electron chi connectivity index (χ1n) is 17.0. The predicted octanol–water partition coefficient (Wildman–Crippen LogP) is 7.81. The third kappa shape index (κ3) is 12.1. The van der Waals surface area contributed by atoms with Gasteiger partial charge >= 0.3 is 0 Å². The third-order valence-electron chi connectivity index (χ3n) is 9.77. The molecule has 0 aliphatic carbocycles. The second-order valence-corrected chi connectivity index (χ2v) is 14.1. The Morgan fingerprint density at radius 1 is 1.12 bits per heavy atom. The van der Waals surface area contributed by atoms with Crippen LogP contribution in [0.1, 0.15) is 130 Å². The summed E-state index contributed by atoms with van der Waals surface area (Å²) in [4.78, 5) is 0. The summed E-state index contributed by atoms with van der Waals surface area (Å²) in [7, 11) is 0. The maximum atomic E-state index is 11.4. The van der Waals surface area contributed by atoms with Crippen LogP contribution in [0.3, 0.4) is 0 Å². The number of aromatic hydroxyl groups is 2. The molecule has 1 unspecified atom stereocenters. The lowest BCUT2D eigenvalue weighted by molar-refractivity contribution is 0.0429. The highest BCUT2D eigenvalue weighted by molar-refractivity contribution is 5.44. The summed E-state index contributed by atoms with van der Waals surface area (Å²) in [5.41, 5.74) is 3.80. The first-order valence-corrected chi connectivity index (χ1v) is 17.0. The zero-order valence-electron chi connectivity index (χ0n) is 28.4. The van der Waals surface area contributed by atoms with E-state index in [9.17, 15) is 20.4 Å². The predicted molar refractivity (Wildman–Crippen MR) is 180 cm³/mol. The standard InChI is InChI=1S/C37H64N2O4/c1-9-11-12-13-15-30(38-32(14-10-2)33(41)19-16-25(3)4)31-20-21-37(7,8)36(39-31)24-34(42)26(5)17-18-28-22-29(40)23-35(43)27(28)6/h14,22-23,26,30-31,33-34,36,38-43H,3,9-13,15-21,24H2,1-2,4-8H3/b32-14+/t26?,30-,31-,33-,34-,36+/m0/s1. The summed E-state index contributed by atoms with van der Waals surface area (Å²) in [5, 5.41) is 50.3. The first-order chi connectivity index (χ1) is 20.3. The molecule has 1 fully saturated rings. The minimum atomic E-state index is -0.523. The molecule has 1 aliphatic heterocycles. The van der Waals surface area contributed by atoms with E-state index in [4.69, 9.17) is 0 Å². The van der Waals surface area contributed by atoms with Crippen molar-refractivity contribution in [2.45, 2.75) is 162 Å². The van der Waals surface area contributed by atoms with Gasteiger partial charge in [-0.2, -0.15) is 0 Å². The summed E-state index contributed by atoms with van der Waals surface area (Å²) >= 11 is 0. The monoisotopic (exact) mass is 600 g/mol. The first kappa shape index (κ1) is 37.2.